The summed E-state index contributed by atoms with van der Waals surface area (Å²) in [6.45, 7) is 4.17. The third-order valence-electron chi connectivity index (χ3n) is 8.28. The van der Waals surface area contributed by atoms with Crippen LogP contribution in [0.1, 0.15) is 174 Å². The van der Waals surface area contributed by atoms with Gasteiger partial charge in [-0.1, -0.05) is 127 Å². The van der Waals surface area contributed by atoms with Crippen molar-refractivity contribution in [2.45, 2.75) is 180 Å². The highest BCUT2D eigenvalue weighted by Crippen LogP contribution is 2.43. The average Bonchev–Trinajstić information content (AvgIpc) is 3.10. The molecule has 0 radical (unpaired) electrons. The third kappa shape index (κ3) is 37.6. The summed E-state index contributed by atoms with van der Waals surface area (Å²) in [5.74, 6) is -0.369. The lowest BCUT2D eigenvalue weighted by Gasteiger charge is -2.19. The maximum Gasteiger partial charge on any atom is 0.472 e. The summed E-state index contributed by atoms with van der Waals surface area (Å²) in [6, 6.07) is 0. The van der Waals surface area contributed by atoms with Gasteiger partial charge in [0.1, 0.15) is 6.61 Å². The molecule has 9 heteroatoms. The van der Waals surface area contributed by atoms with Crippen molar-refractivity contribution in [3.8, 4) is 0 Å². The summed E-state index contributed by atoms with van der Waals surface area (Å²) in [7, 11) is -4.29. The molecule has 0 aliphatic heterocycles. The normalized spacial score (nSPS) is 14.0. The second-order valence-electron chi connectivity index (χ2n) is 13.2. The Hall–Kier alpha value is -1.70. The van der Waals surface area contributed by atoms with Crippen LogP contribution in [0, 0.1) is 0 Å². The molecule has 0 aliphatic rings. The van der Waals surface area contributed by atoms with Crippen LogP contribution in [0.25, 0.3) is 0 Å². The topological polar surface area (TPSA) is 117 Å². The number of hydrogen-bond acceptors (Lipinski definition) is 7. The van der Waals surface area contributed by atoms with E-state index in [4.69, 9.17) is 24.3 Å². The molecule has 0 rings (SSSR count). The molecule has 0 saturated carbocycles. The van der Waals surface area contributed by atoms with Gasteiger partial charge in [0.15, 0.2) is 6.10 Å². The first kappa shape index (κ1) is 48.3. The van der Waals surface area contributed by atoms with Crippen LogP contribution in [-0.2, 0) is 27.9 Å². The third-order valence-corrected chi connectivity index (χ3v) is 9.27. The second kappa shape index (κ2) is 38.5. The molecule has 292 valence electrons. The number of carbonyl (C=O) groups excluding carboxylic acids is 1. The van der Waals surface area contributed by atoms with E-state index >= 15 is 0 Å². The largest absolute Gasteiger partial charge is 0.498 e. The molecule has 0 saturated heterocycles. The van der Waals surface area contributed by atoms with Gasteiger partial charge in [0.05, 0.1) is 19.5 Å². The second-order valence-corrected chi connectivity index (χ2v) is 14.7. The zero-order chi connectivity index (χ0) is 36.6. The van der Waals surface area contributed by atoms with Crippen molar-refractivity contribution in [3.05, 3.63) is 48.8 Å². The lowest BCUT2D eigenvalue weighted by Crippen LogP contribution is -2.27. The Balaban J connectivity index is 4.16. The van der Waals surface area contributed by atoms with Crippen molar-refractivity contribution >= 4 is 13.8 Å². The number of phosphoric ester groups is 1. The molecule has 0 amide bonds. The van der Waals surface area contributed by atoms with Crippen molar-refractivity contribution in [2.75, 3.05) is 26.4 Å². The van der Waals surface area contributed by atoms with Gasteiger partial charge < -0.3 is 20.1 Å². The Labute approximate surface area is 307 Å². The Morgan fingerprint density at radius 1 is 0.620 bits per heavy atom. The first-order chi connectivity index (χ1) is 24.4. The first-order valence-corrected chi connectivity index (χ1v) is 21.7. The standard InChI is InChI=1S/C41H76NO7P/c1-3-5-7-9-11-13-15-17-19-21-23-25-27-29-31-33-36-46-38-40(39-48-50(44,45)47-37-35-42)49-41(43)34-32-30-28-26-24-22-20-18-16-14-12-10-8-6-4-2/h12-15,18,20,33,36,40H,3-11,16-17,19,21-32,34-35,37-39,42H2,1-2H3,(H,44,45). The Kier molecular flexibility index (Phi) is 37.2. The van der Waals surface area contributed by atoms with Gasteiger partial charge in [0.25, 0.3) is 0 Å². The van der Waals surface area contributed by atoms with E-state index in [0.29, 0.717) is 0 Å². The molecule has 2 atom stereocenters. The van der Waals surface area contributed by atoms with E-state index in [2.05, 4.69) is 50.3 Å². The van der Waals surface area contributed by atoms with E-state index in [-0.39, 0.29) is 38.8 Å². The summed E-state index contributed by atoms with van der Waals surface area (Å²) in [6.07, 6.45) is 45.0. The molecule has 0 bridgehead atoms. The van der Waals surface area contributed by atoms with Gasteiger partial charge in [-0.3, -0.25) is 13.8 Å². The molecule has 0 spiro atoms. The van der Waals surface area contributed by atoms with Crippen LogP contribution in [0.15, 0.2) is 48.8 Å². The van der Waals surface area contributed by atoms with E-state index in [1.165, 1.54) is 96.3 Å². The number of carbonyl (C=O) groups is 1. The minimum atomic E-state index is -4.29. The van der Waals surface area contributed by atoms with E-state index in [9.17, 15) is 14.3 Å². The molecule has 3 N–H and O–H groups in total. The number of unbranched alkanes of at least 4 members (excludes halogenated alkanes) is 19. The van der Waals surface area contributed by atoms with Crippen LogP contribution in [0.3, 0.4) is 0 Å². The minimum absolute atomic E-state index is 0.0223. The zero-order valence-electron chi connectivity index (χ0n) is 32.1. The maximum absolute atomic E-state index is 12.5. The van der Waals surface area contributed by atoms with Crippen molar-refractivity contribution in [1.82, 2.24) is 0 Å². The highest BCUT2D eigenvalue weighted by molar-refractivity contribution is 7.47. The quantitative estimate of drug-likeness (QED) is 0.0212. The molecule has 0 aromatic heterocycles. The first-order valence-electron chi connectivity index (χ1n) is 20.2. The lowest BCUT2D eigenvalue weighted by atomic mass is 10.1. The highest BCUT2D eigenvalue weighted by atomic mass is 31.2. The fourth-order valence-corrected chi connectivity index (χ4v) is 6.04. The van der Waals surface area contributed by atoms with Crippen LogP contribution >= 0.6 is 7.82 Å². The number of rotatable bonds is 38. The molecule has 50 heavy (non-hydrogen) atoms. The molecule has 0 aromatic carbocycles. The zero-order valence-corrected chi connectivity index (χ0v) is 33.0. The summed E-state index contributed by atoms with van der Waals surface area (Å²) in [4.78, 5) is 22.4. The van der Waals surface area contributed by atoms with Crippen molar-refractivity contribution in [1.29, 1.82) is 0 Å². The Morgan fingerprint density at radius 2 is 1.08 bits per heavy atom. The van der Waals surface area contributed by atoms with Gasteiger partial charge in [0, 0.05) is 13.0 Å². The number of nitrogens with two attached hydrogens (primary N) is 1. The number of hydrogen-bond donors (Lipinski definition) is 2. The number of allylic oxidation sites excluding steroid dienone is 7. The SMILES string of the molecule is CCCCCC=CCC=CCCCCCCCC(=O)OC(COC=CCCCCCCCCC=CCCCCCC)COP(=O)(O)OCCN. The summed E-state index contributed by atoms with van der Waals surface area (Å²) < 4.78 is 33.1. The van der Waals surface area contributed by atoms with Gasteiger partial charge in [-0.15, -0.1) is 0 Å². The molecule has 0 aliphatic carbocycles. The summed E-state index contributed by atoms with van der Waals surface area (Å²) in [5.41, 5.74) is 5.35. The van der Waals surface area contributed by atoms with Gasteiger partial charge in [-0.25, -0.2) is 4.57 Å². The lowest BCUT2D eigenvalue weighted by molar-refractivity contribution is -0.153. The van der Waals surface area contributed by atoms with E-state index < -0.39 is 13.9 Å². The fraction of sp³-hybridized carbons (Fsp3) is 0.780. The predicted octanol–water partition coefficient (Wildman–Crippen LogP) is 12.0. The molecule has 8 nitrogen and oxygen atoms in total. The fourth-order valence-electron chi connectivity index (χ4n) is 5.28. The van der Waals surface area contributed by atoms with Gasteiger partial charge in [0.2, 0.25) is 0 Å². The van der Waals surface area contributed by atoms with Crippen molar-refractivity contribution in [2.24, 2.45) is 5.73 Å². The monoisotopic (exact) mass is 726 g/mol. The molecule has 0 heterocycles. The number of esters is 1. The molecule has 0 aromatic rings. The van der Waals surface area contributed by atoms with Crippen molar-refractivity contribution in [3.63, 3.8) is 0 Å². The van der Waals surface area contributed by atoms with Gasteiger partial charge in [-0.2, -0.15) is 0 Å². The molecular weight excluding hydrogens is 649 g/mol. The van der Waals surface area contributed by atoms with E-state index in [1.807, 2.05) is 6.08 Å². The molecular formula is C41H76NO7P. The van der Waals surface area contributed by atoms with Crippen LogP contribution in [0.4, 0.5) is 0 Å². The maximum atomic E-state index is 12.5. The summed E-state index contributed by atoms with van der Waals surface area (Å²) in [5, 5.41) is 0. The van der Waals surface area contributed by atoms with Crippen LogP contribution in [0.5, 0.6) is 0 Å². The van der Waals surface area contributed by atoms with Crippen LogP contribution in [0.2, 0.25) is 0 Å². The van der Waals surface area contributed by atoms with E-state index in [1.54, 1.807) is 6.26 Å². The Morgan fingerprint density at radius 3 is 1.64 bits per heavy atom. The smallest absolute Gasteiger partial charge is 0.472 e. The van der Waals surface area contributed by atoms with Crippen LogP contribution in [-0.4, -0.2) is 43.3 Å². The minimum Gasteiger partial charge on any atom is -0.498 e. The van der Waals surface area contributed by atoms with Crippen LogP contribution < -0.4 is 5.73 Å². The van der Waals surface area contributed by atoms with Gasteiger partial charge >= 0.3 is 13.8 Å². The molecule has 2 unspecified atom stereocenters. The number of phosphoric acid groups is 1. The average molecular weight is 726 g/mol. The highest BCUT2D eigenvalue weighted by Gasteiger charge is 2.25. The summed E-state index contributed by atoms with van der Waals surface area (Å²) >= 11 is 0. The predicted molar refractivity (Wildman–Crippen MR) is 210 cm³/mol. The Bertz CT molecular complexity index is 905. The number of ether oxygens (including phenoxy) is 2. The van der Waals surface area contributed by atoms with E-state index in [0.717, 1.165) is 57.8 Å². The van der Waals surface area contributed by atoms with Gasteiger partial charge in [-0.05, 0) is 83.1 Å². The molecule has 0 fully saturated rings. The van der Waals surface area contributed by atoms with Crippen molar-refractivity contribution < 1.29 is 32.8 Å².